The van der Waals surface area contributed by atoms with E-state index in [1.807, 2.05) is 12.1 Å². The van der Waals surface area contributed by atoms with Crippen molar-refractivity contribution >= 4 is 11.6 Å². The molecule has 108 valence electrons. The van der Waals surface area contributed by atoms with E-state index in [1.54, 1.807) is 12.1 Å². The predicted molar refractivity (Wildman–Crippen MR) is 79.9 cm³/mol. The summed E-state index contributed by atoms with van der Waals surface area (Å²) in [6.45, 7) is 7.26. The topological polar surface area (TPSA) is 41.5 Å². The molecule has 1 aromatic carbocycles. The molecular weight excluding hydrogens is 262 g/mol. The number of nitrogens with one attached hydrogen (secondary N) is 1. The summed E-state index contributed by atoms with van der Waals surface area (Å²) < 4.78 is 5.50. The minimum absolute atomic E-state index is 0.240. The second kappa shape index (κ2) is 8.41. The lowest BCUT2D eigenvalue weighted by Gasteiger charge is -2.22. The van der Waals surface area contributed by atoms with Crippen molar-refractivity contribution in [3.05, 3.63) is 29.3 Å². The minimum atomic E-state index is -0.539. The van der Waals surface area contributed by atoms with Crippen LogP contribution in [0.25, 0.3) is 0 Å². The van der Waals surface area contributed by atoms with Gasteiger partial charge in [-0.2, -0.15) is 0 Å². The van der Waals surface area contributed by atoms with Gasteiger partial charge < -0.3 is 15.2 Å². The number of rotatable bonds is 8. The fourth-order valence-electron chi connectivity index (χ4n) is 1.68. The zero-order valence-electron chi connectivity index (χ0n) is 11.9. The van der Waals surface area contributed by atoms with Crippen LogP contribution in [-0.2, 0) is 0 Å². The number of aliphatic hydroxyl groups excluding tert-OH is 1. The second-order valence-corrected chi connectivity index (χ2v) is 5.38. The first-order chi connectivity index (χ1) is 9.04. The normalized spacial score (nSPS) is 15.8. The number of para-hydroxylation sites is 1. The Hall–Kier alpha value is -0.770. The van der Waals surface area contributed by atoms with Crippen molar-refractivity contribution in [1.29, 1.82) is 0 Å². The van der Waals surface area contributed by atoms with Gasteiger partial charge in [0.2, 0.25) is 0 Å². The molecule has 3 atom stereocenters. The van der Waals surface area contributed by atoms with Crippen molar-refractivity contribution in [1.82, 2.24) is 5.32 Å². The molecule has 0 amide bonds. The van der Waals surface area contributed by atoms with Gasteiger partial charge >= 0.3 is 0 Å². The molecule has 0 spiro atoms. The van der Waals surface area contributed by atoms with Crippen LogP contribution in [0.15, 0.2) is 24.3 Å². The van der Waals surface area contributed by atoms with Crippen molar-refractivity contribution in [2.45, 2.75) is 39.3 Å². The molecule has 0 aliphatic carbocycles. The Labute approximate surface area is 120 Å². The zero-order chi connectivity index (χ0) is 14.3. The number of aliphatic hydroxyl groups is 1. The highest BCUT2D eigenvalue weighted by atomic mass is 35.5. The lowest BCUT2D eigenvalue weighted by Crippen LogP contribution is -2.39. The van der Waals surface area contributed by atoms with E-state index in [0.717, 1.165) is 6.42 Å². The molecule has 0 aromatic heterocycles. The first kappa shape index (κ1) is 16.3. The molecule has 0 bridgehead atoms. The molecular formula is C15H24ClNO2. The fourth-order valence-corrected chi connectivity index (χ4v) is 1.87. The molecule has 0 aliphatic rings. The number of ether oxygens (including phenoxy) is 1. The largest absolute Gasteiger partial charge is 0.489 e. The van der Waals surface area contributed by atoms with Gasteiger partial charge in [0.25, 0.3) is 0 Å². The van der Waals surface area contributed by atoms with Crippen LogP contribution in [0.2, 0.25) is 5.02 Å². The number of benzene rings is 1. The Morgan fingerprint density at radius 2 is 2.00 bits per heavy atom. The van der Waals surface area contributed by atoms with Crippen molar-refractivity contribution in [3.8, 4) is 5.75 Å². The molecule has 2 N–H and O–H groups in total. The second-order valence-electron chi connectivity index (χ2n) is 4.98. The van der Waals surface area contributed by atoms with Crippen LogP contribution in [0.4, 0.5) is 0 Å². The van der Waals surface area contributed by atoms with Gasteiger partial charge in [-0.1, -0.05) is 44.0 Å². The van der Waals surface area contributed by atoms with Gasteiger partial charge in [-0.15, -0.1) is 0 Å². The zero-order valence-corrected chi connectivity index (χ0v) is 12.7. The van der Waals surface area contributed by atoms with Gasteiger partial charge in [-0.25, -0.2) is 0 Å². The highest BCUT2D eigenvalue weighted by Gasteiger charge is 2.12. The maximum Gasteiger partial charge on any atom is 0.138 e. The SMILES string of the molecule is CCC(C)C(C)NCC(O)COc1ccccc1Cl. The summed E-state index contributed by atoms with van der Waals surface area (Å²) >= 11 is 5.97. The van der Waals surface area contributed by atoms with Crippen molar-refractivity contribution in [2.75, 3.05) is 13.2 Å². The molecule has 19 heavy (non-hydrogen) atoms. The standard InChI is InChI=1S/C15H24ClNO2/c1-4-11(2)12(3)17-9-13(18)10-19-15-8-6-5-7-14(15)16/h5-8,11-13,17-18H,4,9-10H2,1-3H3. The van der Waals surface area contributed by atoms with Crippen LogP contribution in [0.1, 0.15) is 27.2 Å². The van der Waals surface area contributed by atoms with E-state index in [1.165, 1.54) is 0 Å². The highest BCUT2D eigenvalue weighted by Crippen LogP contribution is 2.23. The summed E-state index contributed by atoms with van der Waals surface area (Å²) in [5, 5.41) is 13.8. The van der Waals surface area contributed by atoms with E-state index in [9.17, 15) is 5.11 Å². The van der Waals surface area contributed by atoms with Crippen LogP contribution >= 0.6 is 11.6 Å². The average Bonchev–Trinajstić information content (AvgIpc) is 2.42. The summed E-state index contributed by atoms with van der Waals surface area (Å²) in [6.07, 6.45) is 0.586. The molecule has 3 unspecified atom stereocenters. The molecule has 0 aliphatic heterocycles. The Kier molecular flexibility index (Phi) is 7.21. The Morgan fingerprint density at radius 1 is 1.32 bits per heavy atom. The molecule has 1 aromatic rings. The molecule has 0 saturated heterocycles. The number of hydrogen-bond acceptors (Lipinski definition) is 3. The average molecular weight is 286 g/mol. The first-order valence-corrected chi connectivity index (χ1v) is 7.21. The van der Waals surface area contributed by atoms with Crippen LogP contribution in [0, 0.1) is 5.92 Å². The maximum absolute atomic E-state index is 9.87. The van der Waals surface area contributed by atoms with Crippen molar-refractivity contribution < 1.29 is 9.84 Å². The van der Waals surface area contributed by atoms with Gasteiger partial charge in [-0.05, 0) is 25.0 Å². The number of hydrogen-bond donors (Lipinski definition) is 2. The van der Waals surface area contributed by atoms with Crippen LogP contribution in [0.5, 0.6) is 5.75 Å². The van der Waals surface area contributed by atoms with E-state index in [2.05, 4.69) is 26.1 Å². The molecule has 0 radical (unpaired) electrons. The van der Waals surface area contributed by atoms with Crippen molar-refractivity contribution in [2.24, 2.45) is 5.92 Å². The molecule has 4 heteroatoms. The van der Waals surface area contributed by atoms with Crippen LogP contribution in [-0.4, -0.2) is 30.4 Å². The molecule has 0 heterocycles. The highest BCUT2D eigenvalue weighted by molar-refractivity contribution is 6.32. The summed E-state index contributed by atoms with van der Waals surface area (Å²) in [4.78, 5) is 0. The van der Waals surface area contributed by atoms with E-state index < -0.39 is 6.10 Å². The quantitative estimate of drug-likeness (QED) is 0.771. The van der Waals surface area contributed by atoms with Gasteiger partial charge in [0.1, 0.15) is 18.5 Å². The first-order valence-electron chi connectivity index (χ1n) is 6.83. The molecule has 0 fully saturated rings. The Morgan fingerprint density at radius 3 is 2.63 bits per heavy atom. The summed E-state index contributed by atoms with van der Waals surface area (Å²) in [5.74, 6) is 1.20. The van der Waals surface area contributed by atoms with Gasteiger partial charge in [0.15, 0.2) is 0 Å². The number of halogens is 1. The van der Waals surface area contributed by atoms with Gasteiger partial charge in [0, 0.05) is 12.6 Å². The van der Waals surface area contributed by atoms with Crippen LogP contribution < -0.4 is 10.1 Å². The lowest BCUT2D eigenvalue weighted by molar-refractivity contribution is 0.102. The fraction of sp³-hybridized carbons (Fsp3) is 0.600. The predicted octanol–water partition coefficient (Wildman–Crippen LogP) is 3.10. The lowest BCUT2D eigenvalue weighted by atomic mass is 10.0. The van der Waals surface area contributed by atoms with Crippen molar-refractivity contribution in [3.63, 3.8) is 0 Å². The molecule has 0 saturated carbocycles. The Balaban J connectivity index is 2.28. The van der Waals surface area contributed by atoms with E-state index in [4.69, 9.17) is 16.3 Å². The summed E-state index contributed by atoms with van der Waals surface area (Å²) in [6, 6.07) is 7.66. The van der Waals surface area contributed by atoms with E-state index in [0.29, 0.717) is 29.3 Å². The summed E-state index contributed by atoms with van der Waals surface area (Å²) in [5.41, 5.74) is 0. The van der Waals surface area contributed by atoms with Crippen LogP contribution in [0.3, 0.4) is 0 Å². The molecule has 1 rings (SSSR count). The van der Waals surface area contributed by atoms with E-state index >= 15 is 0 Å². The summed E-state index contributed by atoms with van der Waals surface area (Å²) in [7, 11) is 0. The third-order valence-electron chi connectivity index (χ3n) is 3.44. The smallest absolute Gasteiger partial charge is 0.138 e. The monoisotopic (exact) mass is 285 g/mol. The molecule has 3 nitrogen and oxygen atoms in total. The van der Waals surface area contributed by atoms with Gasteiger partial charge in [-0.3, -0.25) is 0 Å². The van der Waals surface area contributed by atoms with E-state index in [-0.39, 0.29) is 6.61 Å². The van der Waals surface area contributed by atoms with Gasteiger partial charge in [0.05, 0.1) is 5.02 Å². The maximum atomic E-state index is 9.87. The Bertz CT molecular complexity index is 373. The minimum Gasteiger partial charge on any atom is -0.489 e. The third-order valence-corrected chi connectivity index (χ3v) is 3.75. The third kappa shape index (κ3) is 5.81.